The zero-order valence-corrected chi connectivity index (χ0v) is 17.3. The van der Waals surface area contributed by atoms with E-state index >= 15 is 0 Å². The number of likely N-dealkylation sites (tertiary alicyclic amines) is 1. The first-order valence-electron chi connectivity index (χ1n) is 9.91. The van der Waals surface area contributed by atoms with E-state index in [4.69, 9.17) is 14.1 Å². The molecule has 1 saturated heterocycles. The highest BCUT2D eigenvalue weighted by atomic mass is 32.1. The van der Waals surface area contributed by atoms with Gasteiger partial charge < -0.3 is 14.1 Å². The predicted octanol–water partition coefficient (Wildman–Crippen LogP) is 4.45. The second-order valence-corrected chi connectivity index (χ2v) is 8.52. The van der Waals surface area contributed by atoms with E-state index in [1.165, 1.54) is 6.07 Å². The fraction of sp³-hybridized carbons (Fsp3) is 0.261. The van der Waals surface area contributed by atoms with Gasteiger partial charge in [-0.3, -0.25) is 4.79 Å². The summed E-state index contributed by atoms with van der Waals surface area (Å²) in [6.07, 6.45) is 1.86. The Kier molecular flexibility index (Phi) is 4.75. The standard InChI is InChI=1S/C23H20N2O4S/c1-14-11-22(27)29-19-12-15(8-9-16(14)19)28-13-21(26)25-10-4-6-18(25)23-24-17-5-2-3-7-20(17)30-23/h2-3,5,7-9,11-12,18H,4,6,10,13H2,1H3/t18-/m1/s1. The molecule has 1 aliphatic heterocycles. The number of aromatic nitrogens is 1. The molecule has 5 rings (SSSR count). The lowest BCUT2D eigenvalue weighted by atomic mass is 10.1. The van der Waals surface area contributed by atoms with Gasteiger partial charge in [0, 0.05) is 24.1 Å². The number of carbonyl (C=O) groups excluding carboxylic acids is 1. The Morgan fingerprint density at radius 1 is 1.27 bits per heavy atom. The Morgan fingerprint density at radius 2 is 2.13 bits per heavy atom. The molecule has 0 aliphatic carbocycles. The van der Waals surface area contributed by atoms with Crippen LogP contribution < -0.4 is 10.4 Å². The highest BCUT2D eigenvalue weighted by molar-refractivity contribution is 7.18. The molecule has 0 saturated carbocycles. The quantitative estimate of drug-likeness (QED) is 0.456. The summed E-state index contributed by atoms with van der Waals surface area (Å²) in [4.78, 5) is 31.1. The van der Waals surface area contributed by atoms with Gasteiger partial charge in [0.1, 0.15) is 16.3 Å². The minimum Gasteiger partial charge on any atom is -0.484 e. The van der Waals surface area contributed by atoms with Gasteiger partial charge in [0.05, 0.1) is 16.3 Å². The number of amides is 1. The third-order valence-corrected chi connectivity index (χ3v) is 6.59. The number of benzene rings is 2. The van der Waals surface area contributed by atoms with Gasteiger partial charge in [-0.05, 0) is 49.6 Å². The smallest absolute Gasteiger partial charge is 0.336 e. The fourth-order valence-corrected chi connectivity index (χ4v) is 5.09. The predicted molar refractivity (Wildman–Crippen MR) is 116 cm³/mol. The maximum atomic E-state index is 12.9. The zero-order chi connectivity index (χ0) is 20.7. The summed E-state index contributed by atoms with van der Waals surface area (Å²) in [6.45, 7) is 2.50. The van der Waals surface area contributed by atoms with Crippen molar-refractivity contribution in [3.05, 3.63) is 69.5 Å². The molecule has 3 heterocycles. The topological polar surface area (TPSA) is 72.6 Å². The van der Waals surface area contributed by atoms with Crippen molar-refractivity contribution in [1.82, 2.24) is 9.88 Å². The van der Waals surface area contributed by atoms with E-state index in [1.54, 1.807) is 23.5 Å². The third kappa shape index (κ3) is 3.45. The minimum absolute atomic E-state index is 0.00391. The van der Waals surface area contributed by atoms with Gasteiger partial charge in [-0.15, -0.1) is 11.3 Å². The van der Waals surface area contributed by atoms with Crippen LogP contribution in [-0.2, 0) is 4.79 Å². The first kappa shape index (κ1) is 18.8. The van der Waals surface area contributed by atoms with Crippen molar-refractivity contribution in [3.8, 4) is 5.75 Å². The molecule has 152 valence electrons. The summed E-state index contributed by atoms with van der Waals surface area (Å²) in [5.41, 5.74) is 1.88. The van der Waals surface area contributed by atoms with Gasteiger partial charge >= 0.3 is 5.63 Å². The molecule has 1 amide bonds. The van der Waals surface area contributed by atoms with Crippen molar-refractivity contribution in [2.45, 2.75) is 25.8 Å². The van der Waals surface area contributed by atoms with Crippen LogP contribution >= 0.6 is 11.3 Å². The van der Waals surface area contributed by atoms with Crippen molar-refractivity contribution >= 4 is 38.4 Å². The highest BCUT2D eigenvalue weighted by Gasteiger charge is 2.32. The van der Waals surface area contributed by atoms with Crippen molar-refractivity contribution in [1.29, 1.82) is 0 Å². The van der Waals surface area contributed by atoms with Crippen LogP contribution in [-0.4, -0.2) is 28.9 Å². The summed E-state index contributed by atoms with van der Waals surface area (Å²) < 4.78 is 12.1. The van der Waals surface area contributed by atoms with Gasteiger partial charge in [-0.2, -0.15) is 0 Å². The number of fused-ring (bicyclic) bond motifs is 2. The van der Waals surface area contributed by atoms with Crippen molar-refractivity contribution < 1.29 is 13.9 Å². The number of rotatable bonds is 4. The Hall–Kier alpha value is -3.19. The van der Waals surface area contributed by atoms with Crippen LogP contribution in [0.25, 0.3) is 21.2 Å². The number of hydrogen-bond acceptors (Lipinski definition) is 6. The summed E-state index contributed by atoms with van der Waals surface area (Å²) in [7, 11) is 0. The first-order chi connectivity index (χ1) is 14.6. The van der Waals surface area contributed by atoms with Crippen LogP contribution in [0.3, 0.4) is 0 Å². The lowest BCUT2D eigenvalue weighted by Crippen LogP contribution is -2.34. The second-order valence-electron chi connectivity index (χ2n) is 7.46. The fourth-order valence-electron chi connectivity index (χ4n) is 3.98. The number of aryl methyl sites for hydroxylation is 1. The van der Waals surface area contributed by atoms with E-state index in [0.29, 0.717) is 17.9 Å². The molecule has 2 aromatic heterocycles. The number of carbonyl (C=O) groups is 1. The largest absolute Gasteiger partial charge is 0.484 e. The highest BCUT2D eigenvalue weighted by Crippen LogP contribution is 2.36. The van der Waals surface area contributed by atoms with E-state index in [9.17, 15) is 9.59 Å². The van der Waals surface area contributed by atoms with E-state index in [0.717, 1.165) is 39.0 Å². The van der Waals surface area contributed by atoms with Crippen LogP contribution in [0, 0.1) is 6.92 Å². The molecule has 2 aromatic carbocycles. The van der Waals surface area contributed by atoms with E-state index < -0.39 is 5.63 Å². The van der Waals surface area contributed by atoms with Gasteiger partial charge in [0.2, 0.25) is 0 Å². The average molecular weight is 420 g/mol. The lowest BCUT2D eigenvalue weighted by Gasteiger charge is -2.23. The van der Waals surface area contributed by atoms with Gasteiger partial charge in [-0.1, -0.05) is 12.1 Å². The molecule has 0 radical (unpaired) electrons. The van der Waals surface area contributed by atoms with Gasteiger partial charge in [0.15, 0.2) is 6.61 Å². The zero-order valence-electron chi connectivity index (χ0n) is 16.5. The maximum absolute atomic E-state index is 12.9. The van der Waals surface area contributed by atoms with Crippen LogP contribution in [0.5, 0.6) is 5.75 Å². The molecule has 0 N–H and O–H groups in total. The Labute approximate surface area is 176 Å². The summed E-state index contributed by atoms with van der Waals surface area (Å²) in [6, 6.07) is 14.8. The Morgan fingerprint density at radius 3 is 3.00 bits per heavy atom. The van der Waals surface area contributed by atoms with Gasteiger partial charge in [0.25, 0.3) is 5.91 Å². The Bertz CT molecular complexity index is 1280. The Balaban J connectivity index is 1.32. The molecule has 6 nitrogen and oxygen atoms in total. The lowest BCUT2D eigenvalue weighted by molar-refractivity contribution is -0.134. The number of para-hydroxylation sites is 1. The second kappa shape index (κ2) is 7.57. The molecule has 1 fully saturated rings. The summed E-state index contributed by atoms with van der Waals surface area (Å²) in [5, 5.41) is 1.83. The molecule has 7 heteroatoms. The van der Waals surface area contributed by atoms with Crippen molar-refractivity contribution in [2.24, 2.45) is 0 Å². The van der Waals surface area contributed by atoms with Crippen LogP contribution in [0.1, 0.15) is 29.5 Å². The first-order valence-corrected chi connectivity index (χ1v) is 10.7. The van der Waals surface area contributed by atoms with Crippen LogP contribution in [0.4, 0.5) is 0 Å². The minimum atomic E-state index is -0.399. The molecule has 0 bridgehead atoms. The molecule has 4 aromatic rings. The van der Waals surface area contributed by atoms with E-state index in [2.05, 4.69) is 6.07 Å². The third-order valence-electron chi connectivity index (χ3n) is 5.45. The monoisotopic (exact) mass is 420 g/mol. The number of ether oxygens (including phenoxy) is 1. The van der Waals surface area contributed by atoms with E-state index in [1.807, 2.05) is 36.1 Å². The molecular formula is C23H20N2O4S. The summed E-state index contributed by atoms with van der Waals surface area (Å²) in [5.74, 6) is 0.433. The molecule has 30 heavy (non-hydrogen) atoms. The van der Waals surface area contributed by atoms with Crippen LogP contribution in [0.15, 0.2) is 57.7 Å². The number of thiazole rings is 1. The average Bonchev–Trinajstić information content (AvgIpc) is 3.38. The molecule has 0 spiro atoms. The normalized spacial score (nSPS) is 16.4. The molecular weight excluding hydrogens is 400 g/mol. The SMILES string of the molecule is Cc1cc(=O)oc2cc(OCC(=O)N3CCC[C@@H]3c3nc4ccccc4s3)ccc12. The molecule has 1 atom stereocenters. The summed E-state index contributed by atoms with van der Waals surface area (Å²) >= 11 is 1.65. The number of hydrogen-bond donors (Lipinski definition) is 0. The van der Waals surface area contributed by atoms with Crippen LogP contribution in [0.2, 0.25) is 0 Å². The van der Waals surface area contributed by atoms with Crippen molar-refractivity contribution in [3.63, 3.8) is 0 Å². The number of nitrogens with zero attached hydrogens (tertiary/aromatic N) is 2. The van der Waals surface area contributed by atoms with Crippen molar-refractivity contribution in [2.75, 3.05) is 13.2 Å². The molecule has 1 aliphatic rings. The molecule has 0 unspecified atom stereocenters. The maximum Gasteiger partial charge on any atom is 0.336 e. The van der Waals surface area contributed by atoms with E-state index in [-0.39, 0.29) is 18.6 Å². The van der Waals surface area contributed by atoms with Gasteiger partial charge in [-0.25, -0.2) is 9.78 Å².